The van der Waals surface area contributed by atoms with Crippen LogP contribution in [0.1, 0.15) is 5.56 Å². The third-order valence-corrected chi connectivity index (χ3v) is 2.10. The summed E-state index contributed by atoms with van der Waals surface area (Å²) in [5, 5.41) is 2.71. The van der Waals surface area contributed by atoms with Gasteiger partial charge in [-0.1, -0.05) is 12.1 Å². The van der Waals surface area contributed by atoms with Gasteiger partial charge in [0.25, 0.3) is 0 Å². The zero-order chi connectivity index (χ0) is 11.7. The lowest BCUT2D eigenvalue weighted by Crippen LogP contribution is -2.57. The van der Waals surface area contributed by atoms with Gasteiger partial charge >= 0.3 is 6.18 Å². The summed E-state index contributed by atoms with van der Waals surface area (Å²) in [4.78, 5) is 0. The van der Waals surface area contributed by atoms with Gasteiger partial charge in [0.05, 0.1) is 0 Å². The molecule has 0 amide bonds. The van der Waals surface area contributed by atoms with Crippen molar-refractivity contribution in [3.8, 4) is 0 Å². The van der Waals surface area contributed by atoms with Gasteiger partial charge in [0, 0.05) is 12.7 Å². The number of hydrogen-bond acceptors (Lipinski definition) is 3. The molecule has 0 aliphatic carbocycles. The highest BCUT2D eigenvalue weighted by Gasteiger charge is 2.50. The Hall–Kier alpha value is -1.27. The highest BCUT2D eigenvalue weighted by atomic mass is 19.4. The monoisotopic (exact) mass is 219 g/mol. The summed E-state index contributed by atoms with van der Waals surface area (Å²) < 4.78 is 37.5. The van der Waals surface area contributed by atoms with Gasteiger partial charge in [-0.05, 0) is 17.7 Å². The predicted molar refractivity (Wildman–Crippen MR) is 52.1 cm³/mol. The smallest absolute Gasteiger partial charge is 0.388 e. The van der Waals surface area contributed by atoms with Crippen molar-refractivity contribution in [1.82, 2.24) is 0 Å². The number of halogens is 3. The summed E-state index contributed by atoms with van der Waals surface area (Å²) >= 11 is 0. The van der Waals surface area contributed by atoms with Crippen molar-refractivity contribution < 1.29 is 13.2 Å². The number of rotatable bonds is 2. The normalized spacial score (nSPS) is 12.7. The highest BCUT2D eigenvalue weighted by Crippen LogP contribution is 2.33. The molecule has 0 radical (unpaired) electrons. The van der Waals surface area contributed by atoms with Crippen molar-refractivity contribution in [1.29, 1.82) is 0 Å². The Labute approximate surface area is 85.3 Å². The number of alkyl halides is 3. The van der Waals surface area contributed by atoms with Gasteiger partial charge < -0.3 is 16.8 Å². The Morgan fingerprint density at radius 2 is 1.80 bits per heavy atom. The maximum absolute atomic E-state index is 12.5. The van der Waals surface area contributed by atoms with Gasteiger partial charge in [0.15, 0.2) is 5.66 Å². The van der Waals surface area contributed by atoms with Gasteiger partial charge in [-0.15, -0.1) is 0 Å². The Morgan fingerprint density at radius 3 is 2.27 bits per heavy atom. The molecule has 0 spiro atoms. The molecule has 5 N–H and O–H groups in total. The standard InChI is InChI=1S/C9H12F3N3/c1-15-7-4-2-3-6(5-7)8(13,14)9(10,11)12/h2-5,15H,13-14H2,1H3. The van der Waals surface area contributed by atoms with Gasteiger partial charge in [-0.25, -0.2) is 0 Å². The van der Waals surface area contributed by atoms with E-state index in [1.54, 1.807) is 13.1 Å². The molecule has 15 heavy (non-hydrogen) atoms. The first-order valence-corrected chi connectivity index (χ1v) is 4.22. The van der Waals surface area contributed by atoms with E-state index in [9.17, 15) is 13.2 Å². The van der Waals surface area contributed by atoms with E-state index >= 15 is 0 Å². The van der Waals surface area contributed by atoms with E-state index in [1.807, 2.05) is 0 Å². The summed E-state index contributed by atoms with van der Waals surface area (Å²) in [6, 6.07) is 5.60. The minimum absolute atomic E-state index is 0.179. The van der Waals surface area contributed by atoms with Gasteiger partial charge in [0.2, 0.25) is 0 Å². The average molecular weight is 219 g/mol. The fourth-order valence-electron chi connectivity index (χ4n) is 1.10. The molecule has 1 aromatic rings. The third kappa shape index (κ3) is 2.21. The van der Waals surface area contributed by atoms with E-state index in [0.29, 0.717) is 5.69 Å². The van der Waals surface area contributed by atoms with Crippen LogP contribution in [0.5, 0.6) is 0 Å². The maximum atomic E-state index is 12.5. The third-order valence-electron chi connectivity index (χ3n) is 2.10. The minimum Gasteiger partial charge on any atom is -0.388 e. The zero-order valence-electron chi connectivity index (χ0n) is 8.10. The molecule has 1 aromatic carbocycles. The van der Waals surface area contributed by atoms with E-state index in [2.05, 4.69) is 5.32 Å². The van der Waals surface area contributed by atoms with Crippen LogP contribution in [0.2, 0.25) is 0 Å². The maximum Gasteiger partial charge on any atom is 0.423 e. The Morgan fingerprint density at radius 1 is 1.20 bits per heavy atom. The summed E-state index contributed by atoms with van der Waals surface area (Å²) in [6.45, 7) is 0. The van der Waals surface area contributed by atoms with Crippen LogP contribution in [0.3, 0.4) is 0 Å². The van der Waals surface area contributed by atoms with Crippen LogP contribution in [0.25, 0.3) is 0 Å². The van der Waals surface area contributed by atoms with Crippen LogP contribution in [0.4, 0.5) is 18.9 Å². The highest BCUT2D eigenvalue weighted by molar-refractivity contribution is 5.47. The van der Waals surface area contributed by atoms with Crippen LogP contribution < -0.4 is 16.8 Å². The Balaban J connectivity index is 3.15. The first-order valence-electron chi connectivity index (χ1n) is 4.22. The van der Waals surface area contributed by atoms with Crippen LogP contribution >= 0.6 is 0 Å². The van der Waals surface area contributed by atoms with Crippen molar-refractivity contribution in [3.63, 3.8) is 0 Å². The first-order chi connectivity index (χ1) is 6.79. The molecule has 0 unspecified atom stereocenters. The Bertz CT molecular complexity index is 347. The predicted octanol–water partition coefficient (Wildman–Crippen LogP) is 1.36. The second kappa shape index (κ2) is 3.71. The fourth-order valence-corrected chi connectivity index (χ4v) is 1.10. The summed E-state index contributed by atoms with van der Waals surface area (Å²) in [7, 11) is 1.60. The molecule has 0 heterocycles. The Kier molecular flexibility index (Phi) is 2.92. The first kappa shape index (κ1) is 11.8. The van der Waals surface area contributed by atoms with Crippen molar-refractivity contribution in [2.75, 3.05) is 12.4 Å². The van der Waals surface area contributed by atoms with Crippen LogP contribution in [0.15, 0.2) is 24.3 Å². The molecular formula is C9H12F3N3. The van der Waals surface area contributed by atoms with Crippen LogP contribution in [0, 0.1) is 0 Å². The molecule has 6 heteroatoms. The SMILES string of the molecule is CNc1cccc(C(N)(N)C(F)(F)F)c1. The second-order valence-electron chi connectivity index (χ2n) is 3.20. The largest absolute Gasteiger partial charge is 0.423 e. The molecule has 0 aliphatic rings. The molecule has 0 saturated carbocycles. The van der Waals surface area contributed by atoms with Crippen molar-refractivity contribution in [2.45, 2.75) is 11.8 Å². The van der Waals surface area contributed by atoms with Crippen molar-refractivity contribution in [3.05, 3.63) is 29.8 Å². The van der Waals surface area contributed by atoms with E-state index in [4.69, 9.17) is 11.5 Å². The van der Waals surface area contributed by atoms with Crippen LogP contribution in [-0.4, -0.2) is 13.2 Å². The fraction of sp³-hybridized carbons (Fsp3) is 0.333. The topological polar surface area (TPSA) is 64.1 Å². The zero-order valence-corrected chi connectivity index (χ0v) is 8.10. The molecule has 0 saturated heterocycles. The summed E-state index contributed by atoms with van der Waals surface area (Å²) in [5.74, 6) is 0. The van der Waals surface area contributed by atoms with Crippen molar-refractivity contribution >= 4 is 5.69 Å². The molecule has 84 valence electrons. The lowest BCUT2D eigenvalue weighted by atomic mass is 10.0. The van der Waals surface area contributed by atoms with Crippen molar-refractivity contribution in [2.24, 2.45) is 11.5 Å². The van der Waals surface area contributed by atoms with Gasteiger partial charge in [-0.3, -0.25) is 0 Å². The number of nitrogens with one attached hydrogen (secondary N) is 1. The molecule has 0 aliphatic heterocycles. The quantitative estimate of drug-likeness (QED) is 0.658. The van der Waals surface area contributed by atoms with Gasteiger partial charge in [0.1, 0.15) is 0 Å². The molecule has 0 bridgehead atoms. The molecule has 0 fully saturated rings. The number of anilines is 1. The number of benzene rings is 1. The lowest BCUT2D eigenvalue weighted by Gasteiger charge is -2.28. The minimum atomic E-state index is -4.68. The summed E-state index contributed by atoms with van der Waals surface area (Å²) in [6.07, 6.45) is -4.68. The number of hydrogen-bond donors (Lipinski definition) is 3. The van der Waals surface area contributed by atoms with E-state index in [-0.39, 0.29) is 5.56 Å². The van der Waals surface area contributed by atoms with Gasteiger partial charge in [-0.2, -0.15) is 13.2 Å². The molecular weight excluding hydrogens is 207 g/mol. The molecule has 1 rings (SSSR count). The molecule has 3 nitrogen and oxygen atoms in total. The molecule has 0 atom stereocenters. The van der Waals surface area contributed by atoms with E-state index in [1.165, 1.54) is 18.2 Å². The average Bonchev–Trinajstić information content (AvgIpc) is 2.16. The lowest BCUT2D eigenvalue weighted by molar-refractivity contribution is -0.188. The van der Waals surface area contributed by atoms with E-state index < -0.39 is 11.8 Å². The molecule has 0 aromatic heterocycles. The second-order valence-corrected chi connectivity index (χ2v) is 3.20. The van der Waals surface area contributed by atoms with E-state index in [0.717, 1.165) is 0 Å². The summed E-state index contributed by atoms with van der Waals surface area (Å²) in [5.41, 5.74) is 7.65. The number of nitrogens with two attached hydrogens (primary N) is 2. The van der Waals surface area contributed by atoms with Crippen LogP contribution in [-0.2, 0) is 5.66 Å².